The van der Waals surface area contributed by atoms with Crippen LogP contribution in [0.2, 0.25) is 0 Å². The Bertz CT molecular complexity index is 1390. The van der Waals surface area contributed by atoms with Gasteiger partial charge in [0, 0.05) is 49.1 Å². The molecule has 1 aliphatic rings. The van der Waals surface area contributed by atoms with E-state index < -0.39 is 17.7 Å². The quantitative estimate of drug-likeness (QED) is 0.303. The number of aryl methyl sites for hydroxylation is 1. The van der Waals surface area contributed by atoms with E-state index in [1.54, 1.807) is 11.0 Å². The first-order valence-electron chi connectivity index (χ1n) is 12.5. The summed E-state index contributed by atoms with van der Waals surface area (Å²) in [4.78, 5) is 15.1. The standard InChI is InChI=1S/C30H29F3N2O2/c1-21-9-11-22(12-10-21)19-35-20-27(25-7-2-3-8-28(25)35)26(18-29(36)34-13-15-37-16-14-34)23-5-4-6-24(17-23)30(31,32)33/h2-12,17,20,26H,13-16,18-19H2,1H3/t26-/m1/s1. The number of hydrogen-bond donors (Lipinski definition) is 0. The highest BCUT2D eigenvalue weighted by atomic mass is 19.4. The van der Waals surface area contributed by atoms with Crippen molar-refractivity contribution in [3.05, 3.63) is 107 Å². The van der Waals surface area contributed by atoms with Gasteiger partial charge in [-0.05, 0) is 35.7 Å². The first kappa shape index (κ1) is 25.1. The van der Waals surface area contributed by atoms with Crippen LogP contribution in [0.3, 0.4) is 0 Å². The molecule has 0 spiro atoms. The fraction of sp³-hybridized carbons (Fsp3) is 0.300. The summed E-state index contributed by atoms with van der Waals surface area (Å²) in [6, 6.07) is 21.5. The van der Waals surface area contributed by atoms with E-state index in [-0.39, 0.29) is 12.3 Å². The number of hydrogen-bond acceptors (Lipinski definition) is 2. The minimum absolute atomic E-state index is 0.0823. The van der Waals surface area contributed by atoms with E-state index in [2.05, 4.69) is 28.8 Å². The van der Waals surface area contributed by atoms with Crippen LogP contribution in [-0.2, 0) is 22.3 Å². The van der Waals surface area contributed by atoms with Gasteiger partial charge >= 0.3 is 6.18 Å². The molecule has 0 N–H and O–H groups in total. The van der Waals surface area contributed by atoms with Crippen molar-refractivity contribution in [3.63, 3.8) is 0 Å². The van der Waals surface area contributed by atoms with Crippen molar-refractivity contribution in [1.82, 2.24) is 9.47 Å². The molecular formula is C30H29F3N2O2. The summed E-state index contributed by atoms with van der Waals surface area (Å²) in [5.41, 5.74) is 3.90. The van der Waals surface area contributed by atoms with Gasteiger partial charge in [-0.1, -0.05) is 66.2 Å². The van der Waals surface area contributed by atoms with E-state index in [0.717, 1.165) is 28.1 Å². The minimum Gasteiger partial charge on any atom is -0.378 e. The Kier molecular flexibility index (Phi) is 7.07. The number of carbonyl (C=O) groups is 1. The summed E-state index contributed by atoms with van der Waals surface area (Å²) >= 11 is 0. The van der Waals surface area contributed by atoms with E-state index in [9.17, 15) is 18.0 Å². The van der Waals surface area contributed by atoms with Gasteiger partial charge in [0.15, 0.2) is 0 Å². The van der Waals surface area contributed by atoms with Gasteiger partial charge < -0.3 is 14.2 Å². The minimum atomic E-state index is -4.46. The highest BCUT2D eigenvalue weighted by Gasteiger charge is 2.32. The molecule has 192 valence electrons. The number of rotatable bonds is 6. The number of nitrogens with zero attached hydrogens (tertiary/aromatic N) is 2. The molecule has 7 heteroatoms. The molecule has 1 amide bonds. The van der Waals surface area contributed by atoms with Crippen molar-refractivity contribution in [2.75, 3.05) is 26.3 Å². The number of fused-ring (bicyclic) bond motifs is 1. The van der Waals surface area contributed by atoms with Crippen molar-refractivity contribution < 1.29 is 22.7 Å². The van der Waals surface area contributed by atoms with Crippen LogP contribution in [0.5, 0.6) is 0 Å². The number of morpholine rings is 1. The lowest BCUT2D eigenvalue weighted by atomic mass is 9.87. The third-order valence-corrected chi connectivity index (χ3v) is 7.03. The Balaban J connectivity index is 1.59. The Morgan fingerprint density at radius 1 is 0.973 bits per heavy atom. The molecule has 0 radical (unpaired) electrons. The van der Waals surface area contributed by atoms with E-state index in [0.29, 0.717) is 38.4 Å². The van der Waals surface area contributed by atoms with Crippen molar-refractivity contribution >= 4 is 16.8 Å². The lowest BCUT2D eigenvalue weighted by Gasteiger charge is -2.29. The van der Waals surface area contributed by atoms with Gasteiger partial charge in [0.25, 0.3) is 0 Å². The molecule has 0 saturated carbocycles. The molecule has 4 nitrogen and oxygen atoms in total. The average molecular weight is 507 g/mol. The van der Waals surface area contributed by atoms with Crippen LogP contribution >= 0.6 is 0 Å². The SMILES string of the molecule is Cc1ccc(Cn2cc([C@H](CC(=O)N3CCOCC3)c3cccc(C(F)(F)F)c3)c3ccccc32)cc1. The summed E-state index contributed by atoms with van der Waals surface area (Å²) in [7, 11) is 0. The molecule has 1 aliphatic heterocycles. The number of aromatic nitrogens is 1. The number of ether oxygens (including phenoxy) is 1. The molecule has 1 saturated heterocycles. The summed E-state index contributed by atoms with van der Waals surface area (Å²) < 4.78 is 48.4. The summed E-state index contributed by atoms with van der Waals surface area (Å²) in [6.07, 6.45) is -2.38. The normalized spacial score (nSPS) is 15.2. The highest BCUT2D eigenvalue weighted by molar-refractivity contribution is 5.87. The summed E-state index contributed by atoms with van der Waals surface area (Å²) in [5.74, 6) is -0.608. The van der Waals surface area contributed by atoms with Crippen LogP contribution in [0.25, 0.3) is 10.9 Å². The van der Waals surface area contributed by atoms with Gasteiger partial charge in [-0.25, -0.2) is 0 Å². The van der Waals surface area contributed by atoms with Gasteiger partial charge in [-0.3, -0.25) is 4.79 Å². The fourth-order valence-electron chi connectivity index (χ4n) is 5.03. The Morgan fingerprint density at radius 2 is 1.70 bits per heavy atom. The largest absolute Gasteiger partial charge is 0.416 e. The van der Waals surface area contributed by atoms with Gasteiger partial charge in [-0.15, -0.1) is 0 Å². The first-order valence-corrected chi connectivity index (χ1v) is 12.5. The predicted molar refractivity (Wildman–Crippen MR) is 138 cm³/mol. The van der Waals surface area contributed by atoms with E-state index in [4.69, 9.17) is 4.74 Å². The first-order chi connectivity index (χ1) is 17.8. The maximum Gasteiger partial charge on any atom is 0.416 e. The number of halogens is 3. The molecular weight excluding hydrogens is 477 g/mol. The highest BCUT2D eigenvalue weighted by Crippen LogP contribution is 2.38. The number of alkyl halides is 3. The zero-order valence-electron chi connectivity index (χ0n) is 20.7. The maximum atomic E-state index is 13.6. The molecule has 1 atom stereocenters. The zero-order valence-corrected chi connectivity index (χ0v) is 20.7. The number of amides is 1. The molecule has 1 aromatic heterocycles. The van der Waals surface area contributed by atoms with Crippen LogP contribution in [0, 0.1) is 6.92 Å². The fourth-order valence-corrected chi connectivity index (χ4v) is 5.03. The zero-order chi connectivity index (χ0) is 26.0. The predicted octanol–water partition coefficient (Wildman–Crippen LogP) is 6.40. The topological polar surface area (TPSA) is 34.5 Å². The second-order valence-electron chi connectivity index (χ2n) is 9.59. The molecule has 0 bridgehead atoms. The van der Waals surface area contributed by atoms with E-state index in [1.165, 1.54) is 17.7 Å². The number of carbonyl (C=O) groups excluding carboxylic acids is 1. The van der Waals surface area contributed by atoms with Crippen LogP contribution in [0.15, 0.2) is 79.0 Å². The van der Waals surface area contributed by atoms with E-state index >= 15 is 0 Å². The number of para-hydroxylation sites is 1. The monoisotopic (exact) mass is 506 g/mol. The maximum absolute atomic E-state index is 13.6. The van der Waals surface area contributed by atoms with Crippen molar-refractivity contribution in [2.45, 2.75) is 32.0 Å². The Hall–Kier alpha value is -3.58. The summed E-state index contributed by atoms with van der Waals surface area (Å²) in [5, 5.41) is 0.937. The Labute approximate surface area is 214 Å². The smallest absolute Gasteiger partial charge is 0.378 e. The van der Waals surface area contributed by atoms with E-state index in [1.807, 2.05) is 37.4 Å². The molecule has 1 fully saturated rings. The lowest BCUT2D eigenvalue weighted by Crippen LogP contribution is -2.41. The number of benzene rings is 3. The van der Waals surface area contributed by atoms with Crippen molar-refractivity contribution in [1.29, 1.82) is 0 Å². The van der Waals surface area contributed by atoms with Crippen LogP contribution in [-0.4, -0.2) is 41.7 Å². The second kappa shape index (κ2) is 10.4. The third kappa shape index (κ3) is 5.57. The molecule has 0 aliphatic carbocycles. The lowest BCUT2D eigenvalue weighted by molar-refractivity contribution is -0.137. The van der Waals surface area contributed by atoms with Crippen LogP contribution in [0.1, 0.15) is 40.2 Å². The van der Waals surface area contributed by atoms with Crippen molar-refractivity contribution in [2.24, 2.45) is 0 Å². The van der Waals surface area contributed by atoms with Crippen LogP contribution in [0.4, 0.5) is 13.2 Å². The summed E-state index contributed by atoms with van der Waals surface area (Å²) in [6.45, 7) is 4.57. The second-order valence-corrected chi connectivity index (χ2v) is 9.59. The van der Waals surface area contributed by atoms with Gasteiger partial charge in [0.2, 0.25) is 5.91 Å². The molecule has 2 heterocycles. The van der Waals surface area contributed by atoms with Crippen LogP contribution < -0.4 is 0 Å². The molecule has 37 heavy (non-hydrogen) atoms. The van der Waals surface area contributed by atoms with Gasteiger partial charge in [0.05, 0.1) is 18.8 Å². The Morgan fingerprint density at radius 3 is 2.43 bits per heavy atom. The molecule has 3 aromatic carbocycles. The molecule has 0 unspecified atom stereocenters. The third-order valence-electron chi connectivity index (χ3n) is 7.03. The van der Waals surface area contributed by atoms with Crippen molar-refractivity contribution in [3.8, 4) is 0 Å². The molecule has 4 aromatic rings. The van der Waals surface area contributed by atoms with Gasteiger partial charge in [0.1, 0.15) is 0 Å². The molecule has 5 rings (SSSR count). The van der Waals surface area contributed by atoms with Gasteiger partial charge in [-0.2, -0.15) is 13.2 Å². The average Bonchev–Trinajstić information content (AvgIpc) is 3.26.